The Hall–Kier alpha value is -0.570. The predicted molar refractivity (Wildman–Crippen MR) is 51.4 cm³/mol. The molecule has 1 N–H and O–H groups in total. The minimum atomic E-state index is -0.225. The van der Waals surface area contributed by atoms with E-state index in [4.69, 9.17) is 4.74 Å². The first-order valence-corrected chi connectivity index (χ1v) is 4.88. The zero-order valence-corrected chi connectivity index (χ0v) is 8.72. The van der Waals surface area contributed by atoms with E-state index in [1.807, 2.05) is 20.8 Å². The molecule has 1 saturated carbocycles. The third-order valence-corrected chi connectivity index (χ3v) is 1.92. The number of ether oxygens (including phenoxy) is 1. The lowest BCUT2D eigenvalue weighted by Crippen LogP contribution is -2.33. The summed E-state index contributed by atoms with van der Waals surface area (Å²) in [5, 5.41) is 2.85. The maximum Gasteiger partial charge on any atom is 0.246 e. The lowest BCUT2D eigenvalue weighted by Gasteiger charge is -2.18. The van der Waals surface area contributed by atoms with E-state index in [2.05, 4.69) is 5.32 Å². The number of rotatable bonds is 4. The SMILES string of the molecule is CC(C)(C)OCC(=O)NCC1CC1. The van der Waals surface area contributed by atoms with Crippen molar-refractivity contribution in [3.63, 3.8) is 0 Å². The highest BCUT2D eigenvalue weighted by molar-refractivity contribution is 5.77. The van der Waals surface area contributed by atoms with Gasteiger partial charge in [-0.25, -0.2) is 0 Å². The lowest BCUT2D eigenvalue weighted by atomic mass is 10.2. The lowest BCUT2D eigenvalue weighted by molar-refractivity contribution is -0.130. The van der Waals surface area contributed by atoms with Crippen LogP contribution in [0.1, 0.15) is 33.6 Å². The van der Waals surface area contributed by atoms with Crippen LogP contribution in [0.15, 0.2) is 0 Å². The van der Waals surface area contributed by atoms with E-state index in [1.54, 1.807) is 0 Å². The molecular formula is C10H19NO2. The Bertz CT molecular complexity index is 180. The minimum absolute atomic E-state index is 0.00169. The molecule has 1 fully saturated rings. The summed E-state index contributed by atoms with van der Waals surface area (Å²) in [6, 6.07) is 0. The zero-order valence-electron chi connectivity index (χ0n) is 8.72. The summed E-state index contributed by atoms with van der Waals surface area (Å²) >= 11 is 0. The number of carbonyl (C=O) groups excluding carboxylic acids is 1. The molecule has 3 heteroatoms. The molecule has 76 valence electrons. The van der Waals surface area contributed by atoms with E-state index in [1.165, 1.54) is 12.8 Å². The van der Waals surface area contributed by atoms with Crippen LogP contribution >= 0.6 is 0 Å². The number of amides is 1. The minimum Gasteiger partial charge on any atom is -0.366 e. The molecular weight excluding hydrogens is 166 g/mol. The number of carbonyl (C=O) groups is 1. The smallest absolute Gasteiger partial charge is 0.246 e. The fourth-order valence-corrected chi connectivity index (χ4v) is 0.913. The average Bonchev–Trinajstić information content (AvgIpc) is 2.78. The van der Waals surface area contributed by atoms with Crippen LogP contribution in [0.2, 0.25) is 0 Å². The highest BCUT2D eigenvalue weighted by Crippen LogP contribution is 2.27. The van der Waals surface area contributed by atoms with Gasteiger partial charge < -0.3 is 10.1 Å². The Kier molecular flexibility index (Phi) is 3.31. The predicted octanol–water partition coefficient (Wildman–Crippen LogP) is 1.33. The Balaban J connectivity index is 2.03. The summed E-state index contributed by atoms with van der Waals surface area (Å²) in [7, 11) is 0. The molecule has 1 aliphatic rings. The highest BCUT2D eigenvalue weighted by Gasteiger charge is 2.21. The second kappa shape index (κ2) is 4.09. The quantitative estimate of drug-likeness (QED) is 0.717. The van der Waals surface area contributed by atoms with Gasteiger partial charge in [-0.05, 0) is 39.5 Å². The fourth-order valence-electron chi connectivity index (χ4n) is 0.913. The van der Waals surface area contributed by atoms with Crippen molar-refractivity contribution in [1.29, 1.82) is 0 Å². The van der Waals surface area contributed by atoms with Crippen molar-refractivity contribution in [3.8, 4) is 0 Å². The zero-order chi connectivity index (χ0) is 9.90. The van der Waals surface area contributed by atoms with Gasteiger partial charge in [0.05, 0.1) is 5.60 Å². The van der Waals surface area contributed by atoms with Crippen molar-refractivity contribution < 1.29 is 9.53 Å². The number of hydrogen-bond acceptors (Lipinski definition) is 2. The maximum atomic E-state index is 11.2. The van der Waals surface area contributed by atoms with E-state index in [9.17, 15) is 4.79 Å². The first-order valence-electron chi connectivity index (χ1n) is 4.88. The molecule has 0 spiro atoms. The topological polar surface area (TPSA) is 38.3 Å². The van der Waals surface area contributed by atoms with Crippen LogP contribution in [0.25, 0.3) is 0 Å². The van der Waals surface area contributed by atoms with Gasteiger partial charge >= 0.3 is 0 Å². The van der Waals surface area contributed by atoms with E-state index >= 15 is 0 Å². The Labute approximate surface area is 79.8 Å². The molecule has 0 radical (unpaired) electrons. The van der Waals surface area contributed by atoms with Crippen molar-refractivity contribution >= 4 is 5.91 Å². The highest BCUT2D eigenvalue weighted by atomic mass is 16.5. The largest absolute Gasteiger partial charge is 0.366 e. The van der Waals surface area contributed by atoms with Crippen LogP contribution < -0.4 is 5.32 Å². The summed E-state index contributed by atoms with van der Waals surface area (Å²) in [6.07, 6.45) is 2.53. The van der Waals surface area contributed by atoms with Crippen molar-refractivity contribution in [3.05, 3.63) is 0 Å². The molecule has 1 rings (SSSR count). The Morgan fingerprint density at radius 2 is 2.08 bits per heavy atom. The van der Waals surface area contributed by atoms with E-state index in [-0.39, 0.29) is 18.1 Å². The van der Waals surface area contributed by atoms with Gasteiger partial charge in [0.25, 0.3) is 0 Å². The number of nitrogens with one attached hydrogen (secondary N) is 1. The van der Waals surface area contributed by atoms with Crippen LogP contribution in [0, 0.1) is 5.92 Å². The van der Waals surface area contributed by atoms with Crippen LogP contribution in [0.4, 0.5) is 0 Å². The molecule has 0 aliphatic heterocycles. The Morgan fingerprint density at radius 1 is 1.46 bits per heavy atom. The first kappa shape index (κ1) is 10.5. The van der Waals surface area contributed by atoms with Gasteiger partial charge in [0.2, 0.25) is 5.91 Å². The van der Waals surface area contributed by atoms with Gasteiger partial charge in [0.1, 0.15) is 6.61 Å². The van der Waals surface area contributed by atoms with Crippen molar-refractivity contribution in [2.75, 3.05) is 13.2 Å². The van der Waals surface area contributed by atoms with Crippen molar-refractivity contribution in [2.24, 2.45) is 5.92 Å². The number of hydrogen-bond donors (Lipinski definition) is 1. The molecule has 0 saturated heterocycles. The van der Waals surface area contributed by atoms with Crippen molar-refractivity contribution in [1.82, 2.24) is 5.32 Å². The summed E-state index contributed by atoms with van der Waals surface area (Å²) < 4.78 is 5.33. The normalized spacial score (nSPS) is 17.2. The van der Waals surface area contributed by atoms with Gasteiger partial charge in [0.15, 0.2) is 0 Å². The van der Waals surface area contributed by atoms with Crippen LogP contribution in [-0.2, 0) is 9.53 Å². The molecule has 0 bridgehead atoms. The molecule has 0 atom stereocenters. The molecule has 1 amide bonds. The van der Waals surface area contributed by atoms with Gasteiger partial charge in [-0.2, -0.15) is 0 Å². The monoisotopic (exact) mass is 185 g/mol. The molecule has 3 nitrogen and oxygen atoms in total. The van der Waals surface area contributed by atoms with E-state index < -0.39 is 0 Å². The second-order valence-electron chi connectivity index (χ2n) is 4.65. The molecule has 0 aromatic carbocycles. The molecule has 1 aliphatic carbocycles. The molecule has 0 aromatic heterocycles. The van der Waals surface area contributed by atoms with Gasteiger partial charge in [-0.1, -0.05) is 0 Å². The standard InChI is InChI=1S/C10H19NO2/c1-10(2,3)13-7-9(12)11-6-8-4-5-8/h8H,4-7H2,1-3H3,(H,11,12). The fraction of sp³-hybridized carbons (Fsp3) is 0.900. The van der Waals surface area contributed by atoms with Gasteiger partial charge in [0, 0.05) is 6.54 Å². The summed E-state index contributed by atoms with van der Waals surface area (Å²) in [4.78, 5) is 11.2. The summed E-state index contributed by atoms with van der Waals surface area (Å²) in [5.41, 5.74) is -0.225. The maximum absolute atomic E-state index is 11.2. The van der Waals surface area contributed by atoms with Crippen LogP contribution in [0.5, 0.6) is 0 Å². The third-order valence-electron chi connectivity index (χ3n) is 1.92. The van der Waals surface area contributed by atoms with Crippen LogP contribution in [0.3, 0.4) is 0 Å². The summed E-state index contributed by atoms with van der Waals surface area (Å²) in [6.45, 7) is 6.84. The average molecular weight is 185 g/mol. The van der Waals surface area contributed by atoms with Gasteiger partial charge in [-0.3, -0.25) is 4.79 Å². The Morgan fingerprint density at radius 3 is 2.54 bits per heavy atom. The van der Waals surface area contributed by atoms with Gasteiger partial charge in [-0.15, -0.1) is 0 Å². The third kappa shape index (κ3) is 5.64. The summed E-state index contributed by atoms with van der Waals surface area (Å²) in [5.74, 6) is 0.736. The molecule has 0 unspecified atom stereocenters. The van der Waals surface area contributed by atoms with Crippen molar-refractivity contribution in [2.45, 2.75) is 39.2 Å². The second-order valence-corrected chi connectivity index (χ2v) is 4.65. The molecule has 0 heterocycles. The first-order chi connectivity index (χ1) is 5.97. The van der Waals surface area contributed by atoms with E-state index in [0.717, 1.165) is 12.5 Å². The molecule has 13 heavy (non-hydrogen) atoms. The molecule has 0 aromatic rings. The van der Waals surface area contributed by atoms with Crippen LogP contribution in [-0.4, -0.2) is 24.7 Å². The van der Waals surface area contributed by atoms with E-state index in [0.29, 0.717) is 0 Å².